The minimum absolute atomic E-state index is 0.0914. The predicted octanol–water partition coefficient (Wildman–Crippen LogP) is 4.66. The van der Waals surface area contributed by atoms with E-state index >= 15 is 0 Å². The van der Waals surface area contributed by atoms with Crippen molar-refractivity contribution >= 4 is 15.9 Å². The van der Waals surface area contributed by atoms with E-state index in [9.17, 15) is 17.6 Å². The molecule has 2 aromatic carbocycles. The Hall–Kier alpha value is -1.40. The van der Waals surface area contributed by atoms with Crippen molar-refractivity contribution in [2.24, 2.45) is 5.73 Å². The van der Waals surface area contributed by atoms with Crippen LogP contribution in [0.1, 0.15) is 22.7 Å². The molecule has 0 aliphatic heterocycles. The summed E-state index contributed by atoms with van der Waals surface area (Å²) in [5.74, 6) is -0.553. The van der Waals surface area contributed by atoms with Gasteiger partial charge < -0.3 is 5.73 Å². The van der Waals surface area contributed by atoms with Gasteiger partial charge in [0, 0.05) is 4.47 Å². The molecular weight excluding hydrogens is 338 g/mol. The van der Waals surface area contributed by atoms with Crippen LogP contribution >= 0.6 is 15.9 Å². The molecule has 2 N–H and O–H groups in total. The summed E-state index contributed by atoms with van der Waals surface area (Å²) in [6, 6.07) is 7.70. The molecule has 6 heteroatoms. The predicted molar refractivity (Wildman–Crippen MR) is 71.6 cm³/mol. The zero-order valence-electron chi connectivity index (χ0n) is 10.1. The van der Waals surface area contributed by atoms with Crippen molar-refractivity contribution < 1.29 is 17.6 Å². The first-order valence-electron chi connectivity index (χ1n) is 5.67. The van der Waals surface area contributed by atoms with Crippen molar-refractivity contribution in [1.29, 1.82) is 0 Å². The summed E-state index contributed by atoms with van der Waals surface area (Å²) in [5.41, 5.74) is 5.24. The molecule has 0 fully saturated rings. The summed E-state index contributed by atoms with van der Waals surface area (Å²) < 4.78 is 52.6. The highest BCUT2D eigenvalue weighted by Crippen LogP contribution is 2.37. The van der Waals surface area contributed by atoms with E-state index in [2.05, 4.69) is 15.9 Å². The Bertz CT molecular complexity index is 625. The van der Waals surface area contributed by atoms with E-state index in [0.717, 1.165) is 12.1 Å². The molecule has 0 aromatic heterocycles. The molecule has 2 rings (SSSR count). The standard InChI is InChI=1S/C14H10BrF4N/c15-12-6-5-8(16)7-10(12)13(20)9-3-1-2-4-11(9)14(17,18)19/h1-7,13H,20H2. The molecule has 0 radical (unpaired) electrons. The van der Waals surface area contributed by atoms with Gasteiger partial charge in [-0.1, -0.05) is 34.1 Å². The van der Waals surface area contributed by atoms with Crippen molar-refractivity contribution in [2.75, 3.05) is 0 Å². The molecule has 0 heterocycles. The third-order valence-corrected chi connectivity index (χ3v) is 3.62. The van der Waals surface area contributed by atoms with Crippen LogP contribution in [0.15, 0.2) is 46.9 Å². The van der Waals surface area contributed by atoms with Crippen LogP contribution in [0.5, 0.6) is 0 Å². The highest BCUT2D eigenvalue weighted by Gasteiger charge is 2.34. The number of alkyl halides is 3. The summed E-state index contributed by atoms with van der Waals surface area (Å²) in [6.45, 7) is 0. The number of nitrogens with two attached hydrogens (primary N) is 1. The maximum absolute atomic E-state index is 13.3. The third-order valence-electron chi connectivity index (χ3n) is 2.89. The van der Waals surface area contributed by atoms with Crippen molar-refractivity contribution in [1.82, 2.24) is 0 Å². The first-order valence-corrected chi connectivity index (χ1v) is 6.46. The Morgan fingerprint density at radius 3 is 2.30 bits per heavy atom. The Kier molecular flexibility index (Phi) is 4.15. The highest BCUT2D eigenvalue weighted by molar-refractivity contribution is 9.10. The molecule has 106 valence electrons. The number of hydrogen-bond donors (Lipinski definition) is 1. The van der Waals surface area contributed by atoms with Crippen molar-refractivity contribution in [3.05, 3.63) is 69.4 Å². The first kappa shape index (κ1) is 15.0. The van der Waals surface area contributed by atoms with Crippen LogP contribution < -0.4 is 5.73 Å². The fraction of sp³-hybridized carbons (Fsp3) is 0.143. The summed E-state index contributed by atoms with van der Waals surface area (Å²) in [6.07, 6.45) is -4.51. The van der Waals surface area contributed by atoms with Gasteiger partial charge in [0.15, 0.2) is 0 Å². The number of hydrogen-bond acceptors (Lipinski definition) is 1. The molecule has 0 amide bonds. The quantitative estimate of drug-likeness (QED) is 0.786. The number of rotatable bonds is 2. The summed E-state index contributed by atoms with van der Waals surface area (Å²) in [7, 11) is 0. The molecule has 0 aliphatic rings. The largest absolute Gasteiger partial charge is 0.416 e. The van der Waals surface area contributed by atoms with Gasteiger partial charge in [-0.05, 0) is 35.4 Å². The lowest BCUT2D eigenvalue weighted by Crippen LogP contribution is -2.19. The van der Waals surface area contributed by atoms with Crippen molar-refractivity contribution in [3.8, 4) is 0 Å². The zero-order valence-corrected chi connectivity index (χ0v) is 11.7. The SMILES string of the molecule is NC(c1cc(F)ccc1Br)c1ccccc1C(F)(F)F. The van der Waals surface area contributed by atoms with Gasteiger partial charge in [0.2, 0.25) is 0 Å². The normalized spacial score (nSPS) is 13.3. The Labute approximate surface area is 121 Å². The molecule has 1 atom stereocenters. The van der Waals surface area contributed by atoms with Gasteiger partial charge in [-0.15, -0.1) is 0 Å². The van der Waals surface area contributed by atoms with E-state index in [1.54, 1.807) is 0 Å². The van der Waals surface area contributed by atoms with Crippen molar-refractivity contribution in [3.63, 3.8) is 0 Å². The second-order valence-corrected chi connectivity index (χ2v) is 5.08. The average molecular weight is 348 g/mol. The lowest BCUT2D eigenvalue weighted by Gasteiger charge is -2.19. The molecule has 0 spiro atoms. The molecule has 0 saturated carbocycles. The molecule has 0 saturated heterocycles. The molecule has 1 unspecified atom stereocenters. The Morgan fingerprint density at radius 2 is 1.65 bits per heavy atom. The van der Waals surface area contributed by atoms with E-state index in [1.165, 1.54) is 30.3 Å². The maximum Gasteiger partial charge on any atom is 0.416 e. The van der Waals surface area contributed by atoms with Crippen LogP contribution in [0.4, 0.5) is 17.6 Å². The van der Waals surface area contributed by atoms with Gasteiger partial charge in [-0.3, -0.25) is 0 Å². The molecule has 20 heavy (non-hydrogen) atoms. The van der Waals surface area contributed by atoms with Gasteiger partial charge in [0.1, 0.15) is 5.82 Å². The fourth-order valence-corrected chi connectivity index (χ4v) is 2.44. The second kappa shape index (κ2) is 5.54. The van der Waals surface area contributed by atoms with E-state index in [4.69, 9.17) is 5.73 Å². The van der Waals surface area contributed by atoms with Crippen LogP contribution in [0.2, 0.25) is 0 Å². The first-order chi connectivity index (χ1) is 9.30. The van der Waals surface area contributed by atoms with Crippen molar-refractivity contribution in [2.45, 2.75) is 12.2 Å². The maximum atomic E-state index is 13.3. The fourth-order valence-electron chi connectivity index (χ4n) is 1.95. The molecular formula is C14H10BrF4N. The van der Waals surface area contributed by atoms with Gasteiger partial charge in [-0.25, -0.2) is 4.39 Å². The minimum atomic E-state index is -4.51. The summed E-state index contributed by atoms with van der Waals surface area (Å²) in [5, 5.41) is 0. The molecule has 0 aliphatic carbocycles. The molecule has 2 aromatic rings. The van der Waals surface area contributed by atoms with E-state index < -0.39 is 23.6 Å². The van der Waals surface area contributed by atoms with E-state index in [0.29, 0.717) is 4.47 Å². The lowest BCUT2D eigenvalue weighted by molar-refractivity contribution is -0.138. The monoisotopic (exact) mass is 347 g/mol. The molecule has 1 nitrogen and oxygen atoms in total. The number of benzene rings is 2. The third kappa shape index (κ3) is 3.02. The van der Waals surface area contributed by atoms with Crippen LogP contribution in [0.3, 0.4) is 0 Å². The Morgan fingerprint density at radius 1 is 1.00 bits per heavy atom. The smallest absolute Gasteiger partial charge is 0.320 e. The zero-order chi connectivity index (χ0) is 14.9. The summed E-state index contributed by atoms with van der Waals surface area (Å²) >= 11 is 3.18. The van der Waals surface area contributed by atoms with E-state index in [1.807, 2.05) is 0 Å². The van der Waals surface area contributed by atoms with Crippen LogP contribution in [-0.2, 0) is 6.18 Å². The van der Waals surface area contributed by atoms with E-state index in [-0.39, 0.29) is 11.1 Å². The van der Waals surface area contributed by atoms with Gasteiger partial charge in [0.05, 0.1) is 11.6 Å². The number of halogens is 5. The second-order valence-electron chi connectivity index (χ2n) is 4.23. The van der Waals surface area contributed by atoms with Crippen LogP contribution in [0, 0.1) is 5.82 Å². The van der Waals surface area contributed by atoms with Gasteiger partial charge in [-0.2, -0.15) is 13.2 Å². The topological polar surface area (TPSA) is 26.0 Å². The van der Waals surface area contributed by atoms with Gasteiger partial charge >= 0.3 is 6.18 Å². The van der Waals surface area contributed by atoms with Gasteiger partial charge in [0.25, 0.3) is 0 Å². The summed E-state index contributed by atoms with van der Waals surface area (Å²) in [4.78, 5) is 0. The highest BCUT2D eigenvalue weighted by atomic mass is 79.9. The minimum Gasteiger partial charge on any atom is -0.320 e. The van der Waals surface area contributed by atoms with Crippen LogP contribution in [0.25, 0.3) is 0 Å². The van der Waals surface area contributed by atoms with Crippen LogP contribution in [-0.4, -0.2) is 0 Å². The Balaban J connectivity index is 2.54. The molecule has 0 bridgehead atoms. The average Bonchev–Trinajstić information content (AvgIpc) is 2.40. The lowest BCUT2D eigenvalue weighted by atomic mass is 9.95.